The van der Waals surface area contributed by atoms with E-state index in [4.69, 9.17) is 11.6 Å². The summed E-state index contributed by atoms with van der Waals surface area (Å²) in [6.45, 7) is 3.09. The fourth-order valence-electron chi connectivity index (χ4n) is 1.30. The topological polar surface area (TPSA) is 60.2 Å². The molecular weight excluding hydrogens is 218 g/mol. The van der Waals surface area contributed by atoms with E-state index in [0.717, 1.165) is 0 Å². The highest BCUT2D eigenvalue weighted by Gasteiger charge is 2.20. The molecule has 4 nitrogen and oxygen atoms in total. The lowest BCUT2D eigenvalue weighted by molar-refractivity contribution is -0.385. The molecule has 0 aliphatic carbocycles. The van der Waals surface area contributed by atoms with Gasteiger partial charge in [-0.05, 0) is 13.8 Å². The molecule has 15 heavy (non-hydrogen) atoms. The number of nitro groups is 1. The Labute approximate surface area is 92.0 Å². The zero-order valence-corrected chi connectivity index (χ0v) is 9.12. The maximum Gasteiger partial charge on any atom is 0.273 e. The van der Waals surface area contributed by atoms with E-state index in [2.05, 4.69) is 0 Å². The summed E-state index contributed by atoms with van der Waals surface area (Å²) in [5, 5.41) is 9.95. The van der Waals surface area contributed by atoms with E-state index >= 15 is 0 Å². The highest BCUT2D eigenvalue weighted by molar-refractivity contribution is 6.33. The zero-order valence-electron chi connectivity index (χ0n) is 8.36. The van der Waals surface area contributed by atoms with Crippen LogP contribution in [0.15, 0.2) is 18.2 Å². The molecule has 0 saturated heterocycles. The van der Waals surface area contributed by atoms with Crippen LogP contribution in [0.5, 0.6) is 0 Å². The van der Waals surface area contributed by atoms with Crippen molar-refractivity contribution in [2.75, 3.05) is 0 Å². The SMILES string of the molecule is Cc1c(C(=O)C(C)Cl)cccc1[N+](=O)[O-]. The van der Waals surface area contributed by atoms with Crippen LogP contribution < -0.4 is 0 Å². The summed E-state index contributed by atoms with van der Waals surface area (Å²) in [5.41, 5.74) is 0.616. The third kappa shape index (κ3) is 2.33. The first-order valence-corrected chi connectivity index (χ1v) is 4.81. The maximum atomic E-state index is 11.6. The minimum atomic E-state index is -0.675. The number of benzene rings is 1. The summed E-state index contributed by atoms with van der Waals surface area (Å²) in [4.78, 5) is 21.7. The van der Waals surface area contributed by atoms with Crippen molar-refractivity contribution in [1.29, 1.82) is 0 Å². The molecule has 1 aromatic rings. The molecule has 0 amide bonds. The summed E-state index contributed by atoms with van der Waals surface area (Å²) in [6, 6.07) is 4.40. The number of hydrogen-bond acceptors (Lipinski definition) is 3. The van der Waals surface area contributed by atoms with Gasteiger partial charge >= 0.3 is 0 Å². The fourth-order valence-corrected chi connectivity index (χ4v) is 1.42. The van der Waals surface area contributed by atoms with Gasteiger partial charge in [0.2, 0.25) is 0 Å². The van der Waals surface area contributed by atoms with E-state index in [0.29, 0.717) is 11.1 Å². The van der Waals surface area contributed by atoms with Crippen molar-refractivity contribution in [2.24, 2.45) is 0 Å². The molecule has 5 heteroatoms. The zero-order chi connectivity index (χ0) is 11.6. The molecule has 0 fully saturated rings. The second-order valence-corrected chi connectivity index (χ2v) is 3.84. The van der Waals surface area contributed by atoms with Crippen LogP contribution >= 0.6 is 11.6 Å². The molecule has 1 aromatic carbocycles. The van der Waals surface area contributed by atoms with Gasteiger partial charge in [-0.15, -0.1) is 11.6 Å². The second-order valence-electron chi connectivity index (χ2n) is 3.19. The quantitative estimate of drug-likeness (QED) is 0.345. The number of carbonyl (C=O) groups is 1. The van der Waals surface area contributed by atoms with Crippen LogP contribution in [0.4, 0.5) is 5.69 Å². The molecule has 0 saturated carbocycles. The van der Waals surface area contributed by atoms with Gasteiger partial charge in [-0.2, -0.15) is 0 Å². The van der Waals surface area contributed by atoms with E-state index in [-0.39, 0.29) is 11.5 Å². The largest absolute Gasteiger partial charge is 0.293 e. The van der Waals surface area contributed by atoms with Gasteiger partial charge in [-0.1, -0.05) is 12.1 Å². The number of nitro benzene ring substituents is 1. The lowest BCUT2D eigenvalue weighted by atomic mass is 10.0. The molecule has 0 heterocycles. The number of nitrogens with zero attached hydrogens (tertiary/aromatic N) is 1. The molecule has 0 spiro atoms. The van der Waals surface area contributed by atoms with Crippen LogP contribution in [-0.2, 0) is 0 Å². The predicted octanol–water partition coefficient (Wildman–Crippen LogP) is 2.71. The van der Waals surface area contributed by atoms with Crippen LogP contribution in [0, 0.1) is 17.0 Å². The van der Waals surface area contributed by atoms with E-state index in [1.807, 2.05) is 0 Å². The Balaban J connectivity index is 3.27. The fraction of sp³-hybridized carbons (Fsp3) is 0.300. The molecule has 0 aromatic heterocycles. The van der Waals surface area contributed by atoms with Gasteiger partial charge in [0, 0.05) is 17.2 Å². The van der Waals surface area contributed by atoms with Crippen LogP contribution in [0.3, 0.4) is 0 Å². The van der Waals surface area contributed by atoms with E-state index in [9.17, 15) is 14.9 Å². The van der Waals surface area contributed by atoms with E-state index in [1.54, 1.807) is 19.9 Å². The minimum Gasteiger partial charge on any atom is -0.293 e. The molecule has 0 aliphatic heterocycles. The highest BCUT2D eigenvalue weighted by atomic mass is 35.5. The number of hydrogen-bond donors (Lipinski definition) is 0. The van der Waals surface area contributed by atoms with Gasteiger partial charge in [-0.3, -0.25) is 14.9 Å². The number of rotatable bonds is 3. The van der Waals surface area contributed by atoms with Gasteiger partial charge in [0.15, 0.2) is 5.78 Å². The van der Waals surface area contributed by atoms with Gasteiger partial charge in [-0.25, -0.2) is 0 Å². The molecule has 0 aliphatic rings. The first-order valence-electron chi connectivity index (χ1n) is 4.37. The molecule has 0 bridgehead atoms. The van der Waals surface area contributed by atoms with Gasteiger partial charge in [0.25, 0.3) is 5.69 Å². The molecule has 1 unspecified atom stereocenters. The van der Waals surface area contributed by atoms with Crippen LogP contribution in [0.1, 0.15) is 22.8 Å². The maximum absolute atomic E-state index is 11.6. The average molecular weight is 228 g/mol. The first-order chi connectivity index (χ1) is 6.95. The van der Waals surface area contributed by atoms with Crippen molar-refractivity contribution in [2.45, 2.75) is 19.2 Å². The molecule has 0 radical (unpaired) electrons. The Morgan fingerprint density at radius 1 is 1.53 bits per heavy atom. The number of alkyl halides is 1. The van der Waals surface area contributed by atoms with E-state index < -0.39 is 10.3 Å². The van der Waals surface area contributed by atoms with Crippen LogP contribution in [0.2, 0.25) is 0 Å². The summed E-state index contributed by atoms with van der Waals surface area (Å²) in [5.74, 6) is -0.294. The predicted molar refractivity (Wildman–Crippen MR) is 57.5 cm³/mol. The normalized spacial score (nSPS) is 12.2. The molecule has 80 valence electrons. The second kappa shape index (κ2) is 4.40. The molecular formula is C10H10ClNO3. The number of halogens is 1. The highest BCUT2D eigenvalue weighted by Crippen LogP contribution is 2.22. The lowest BCUT2D eigenvalue weighted by Gasteiger charge is -2.06. The smallest absolute Gasteiger partial charge is 0.273 e. The van der Waals surface area contributed by atoms with Gasteiger partial charge in [0.1, 0.15) is 0 Å². The number of carbonyl (C=O) groups excluding carboxylic acids is 1. The summed E-state index contributed by atoms with van der Waals surface area (Å²) in [7, 11) is 0. The summed E-state index contributed by atoms with van der Waals surface area (Å²) >= 11 is 5.65. The van der Waals surface area contributed by atoms with Gasteiger partial charge in [0.05, 0.1) is 10.3 Å². The Morgan fingerprint density at radius 3 is 2.60 bits per heavy atom. The summed E-state index contributed by atoms with van der Waals surface area (Å²) in [6.07, 6.45) is 0. The average Bonchev–Trinajstić information content (AvgIpc) is 2.16. The monoisotopic (exact) mass is 227 g/mol. The molecule has 0 N–H and O–H groups in total. The van der Waals surface area contributed by atoms with Crippen molar-refractivity contribution in [3.8, 4) is 0 Å². The Morgan fingerprint density at radius 2 is 2.13 bits per heavy atom. The lowest BCUT2D eigenvalue weighted by Crippen LogP contribution is -2.12. The Hall–Kier alpha value is -1.42. The van der Waals surface area contributed by atoms with Crippen LogP contribution in [0.25, 0.3) is 0 Å². The van der Waals surface area contributed by atoms with Crippen molar-refractivity contribution < 1.29 is 9.72 Å². The Kier molecular flexibility index (Phi) is 3.42. The third-order valence-electron chi connectivity index (χ3n) is 2.13. The summed E-state index contributed by atoms with van der Waals surface area (Å²) < 4.78 is 0. The molecule has 1 atom stereocenters. The number of Topliss-reactive ketones (excluding diaryl/α,β-unsaturated/α-hetero) is 1. The van der Waals surface area contributed by atoms with Gasteiger partial charge < -0.3 is 0 Å². The Bertz CT molecular complexity index is 415. The first kappa shape index (κ1) is 11.7. The van der Waals surface area contributed by atoms with Crippen molar-refractivity contribution in [1.82, 2.24) is 0 Å². The van der Waals surface area contributed by atoms with Crippen molar-refractivity contribution in [3.63, 3.8) is 0 Å². The van der Waals surface area contributed by atoms with Crippen molar-refractivity contribution in [3.05, 3.63) is 39.4 Å². The minimum absolute atomic E-state index is 0.0573. The van der Waals surface area contributed by atoms with Crippen LogP contribution in [-0.4, -0.2) is 16.1 Å². The third-order valence-corrected chi connectivity index (χ3v) is 2.33. The van der Waals surface area contributed by atoms with Crippen molar-refractivity contribution >= 4 is 23.1 Å². The molecule has 1 rings (SSSR count). The van der Waals surface area contributed by atoms with E-state index in [1.165, 1.54) is 12.1 Å². The number of ketones is 1. The standard InChI is InChI=1S/C10H10ClNO3/c1-6-8(10(13)7(2)11)4-3-5-9(6)12(14)15/h3-5,7H,1-2H3.